The van der Waals surface area contributed by atoms with Gasteiger partial charge >= 0.3 is 0 Å². The zero-order chi connectivity index (χ0) is 35.2. The summed E-state index contributed by atoms with van der Waals surface area (Å²) in [6, 6.07) is 10.9. The number of amides is 2. The van der Waals surface area contributed by atoms with Crippen LogP contribution in [0.5, 0.6) is 5.75 Å². The van der Waals surface area contributed by atoms with Gasteiger partial charge in [-0.2, -0.15) is 0 Å². The number of benzene rings is 2. The van der Waals surface area contributed by atoms with Crippen LogP contribution in [0.15, 0.2) is 47.5 Å². The smallest absolute Gasteiger partial charge is 0.224 e. The average Bonchev–Trinajstić information content (AvgIpc) is 3.04. The van der Waals surface area contributed by atoms with Gasteiger partial charge in [0.05, 0.1) is 12.1 Å². The van der Waals surface area contributed by atoms with E-state index >= 15 is 0 Å². The summed E-state index contributed by atoms with van der Waals surface area (Å²) in [5.41, 5.74) is 26.1. The van der Waals surface area contributed by atoms with Crippen molar-refractivity contribution in [2.75, 3.05) is 19.6 Å². The van der Waals surface area contributed by atoms with Crippen LogP contribution >= 0.6 is 0 Å². The highest BCUT2D eigenvalue weighted by molar-refractivity contribution is 5.94. The summed E-state index contributed by atoms with van der Waals surface area (Å²) in [6.45, 7) is 5.64. The summed E-state index contributed by atoms with van der Waals surface area (Å²) in [4.78, 5) is 57.9. The van der Waals surface area contributed by atoms with Crippen molar-refractivity contribution < 1.29 is 24.3 Å². The molecule has 0 spiro atoms. The molecule has 0 aromatic heterocycles. The number of Topliss-reactive ketones (excluding diaryl/α,β-unsaturated/α-hetero) is 2. The van der Waals surface area contributed by atoms with Gasteiger partial charge in [-0.25, -0.2) is 0 Å². The molecule has 0 bridgehead atoms. The highest BCUT2D eigenvalue weighted by Crippen LogP contribution is 2.27. The normalized spacial score (nSPS) is 15.9. The first kappa shape index (κ1) is 38.2. The molecule has 0 saturated carbocycles. The summed E-state index contributed by atoms with van der Waals surface area (Å²) in [5.74, 6) is -2.85. The third-order valence-electron chi connectivity index (χ3n) is 9.24. The summed E-state index contributed by atoms with van der Waals surface area (Å²) in [7, 11) is 0. The number of carbonyl (C=O) groups excluding carboxylic acids is 4. The monoisotopic (exact) mass is 663 g/mol. The molecule has 1 saturated heterocycles. The van der Waals surface area contributed by atoms with Crippen molar-refractivity contribution in [2.45, 2.75) is 83.7 Å². The van der Waals surface area contributed by atoms with Gasteiger partial charge in [0.2, 0.25) is 11.8 Å². The van der Waals surface area contributed by atoms with E-state index in [0.29, 0.717) is 32.2 Å². The number of phenolic OH excluding ortho intramolecular Hbond substituents is 1. The predicted molar refractivity (Wildman–Crippen MR) is 187 cm³/mol. The largest absolute Gasteiger partial charge is 0.508 e. The number of hydrogen-bond acceptors (Lipinski definition) is 8. The van der Waals surface area contributed by atoms with Crippen molar-refractivity contribution in [2.24, 2.45) is 45.7 Å². The third-order valence-corrected chi connectivity index (χ3v) is 9.24. The quantitative estimate of drug-likeness (QED) is 0.0658. The van der Waals surface area contributed by atoms with E-state index in [1.807, 2.05) is 44.2 Å². The number of nitrogens with two attached hydrogens (primary N) is 4. The van der Waals surface area contributed by atoms with Crippen LogP contribution in [0.1, 0.15) is 67.2 Å². The van der Waals surface area contributed by atoms with Gasteiger partial charge in [0.1, 0.15) is 11.5 Å². The molecule has 1 aliphatic heterocycles. The Hall–Kier alpha value is -4.29. The Kier molecular flexibility index (Phi) is 15.0. The second-order valence-electron chi connectivity index (χ2n) is 13.1. The number of aryl methyl sites for hydroxylation is 2. The van der Waals surface area contributed by atoms with Gasteiger partial charge in [-0.15, -0.1) is 0 Å². The van der Waals surface area contributed by atoms with Gasteiger partial charge in [-0.05, 0) is 112 Å². The standard InChI is InChI=1S/C36H53N7O5/c1-22-15-28(44)16-23(2)29(22)19-27(21-32(45)30(37)9-6-12-42-36(39)40)35(48)43-31(18-25-10-13-41-14-11-25)33(46)20-26(34(38)47)17-24-7-4-3-5-8-24/h3-5,7-8,15-16,25-27,30-31,41,44H,6,9-14,17-21,37H2,1-2H3,(H2,38,47)(H,43,48)(H4,39,40,42)/t26-,27-,30-,31+/m1/s1. The van der Waals surface area contributed by atoms with Gasteiger partial charge in [-0.3, -0.25) is 24.2 Å². The minimum Gasteiger partial charge on any atom is -0.508 e. The molecule has 262 valence electrons. The average molecular weight is 664 g/mol. The topological polar surface area (TPSA) is 229 Å². The Labute approximate surface area is 283 Å². The lowest BCUT2D eigenvalue weighted by atomic mass is 9.84. The van der Waals surface area contributed by atoms with E-state index in [1.165, 1.54) is 0 Å². The lowest BCUT2D eigenvalue weighted by molar-refractivity contribution is -0.134. The molecule has 1 heterocycles. The summed E-state index contributed by atoms with van der Waals surface area (Å²) in [5, 5.41) is 16.4. The Balaban J connectivity index is 1.85. The van der Waals surface area contributed by atoms with Crippen molar-refractivity contribution in [1.82, 2.24) is 10.6 Å². The van der Waals surface area contributed by atoms with Gasteiger partial charge in [0.25, 0.3) is 0 Å². The van der Waals surface area contributed by atoms with E-state index in [0.717, 1.165) is 48.2 Å². The van der Waals surface area contributed by atoms with E-state index in [-0.39, 0.29) is 48.5 Å². The zero-order valence-electron chi connectivity index (χ0n) is 28.3. The fourth-order valence-corrected chi connectivity index (χ4v) is 6.44. The highest BCUT2D eigenvalue weighted by Gasteiger charge is 2.33. The number of nitrogens with one attached hydrogen (secondary N) is 2. The number of hydrogen-bond donors (Lipinski definition) is 7. The van der Waals surface area contributed by atoms with Gasteiger partial charge in [0, 0.05) is 31.2 Å². The molecule has 1 aliphatic rings. The van der Waals surface area contributed by atoms with Crippen LogP contribution in [0, 0.1) is 31.6 Å². The van der Waals surface area contributed by atoms with Gasteiger partial charge in [-0.1, -0.05) is 30.3 Å². The molecule has 0 radical (unpaired) electrons. The van der Waals surface area contributed by atoms with Crippen molar-refractivity contribution >= 4 is 29.3 Å². The van der Waals surface area contributed by atoms with Gasteiger partial charge < -0.3 is 38.7 Å². The maximum absolute atomic E-state index is 14.1. The van der Waals surface area contributed by atoms with Crippen molar-refractivity contribution in [1.29, 1.82) is 0 Å². The van der Waals surface area contributed by atoms with Crippen molar-refractivity contribution in [3.05, 3.63) is 64.7 Å². The van der Waals surface area contributed by atoms with Crippen molar-refractivity contribution in [3.8, 4) is 5.75 Å². The SMILES string of the molecule is Cc1cc(O)cc(C)c1C[C@H](CC(=O)[C@H](N)CCCN=C(N)N)C(=O)N[C@@H](CC1CCNCC1)C(=O)C[C@@H](Cc1ccccc1)C(N)=O. The number of phenols is 1. The van der Waals surface area contributed by atoms with E-state index in [4.69, 9.17) is 22.9 Å². The van der Waals surface area contributed by atoms with Crippen LogP contribution in [0.4, 0.5) is 0 Å². The van der Waals surface area contributed by atoms with E-state index < -0.39 is 35.7 Å². The number of piperidine rings is 1. The van der Waals surface area contributed by atoms with Crippen LogP contribution in [0.2, 0.25) is 0 Å². The molecular formula is C36H53N7O5. The first-order valence-corrected chi connectivity index (χ1v) is 16.8. The number of nitrogens with zero attached hydrogens (tertiary/aromatic N) is 1. The van der Waals surface area contributed by atoms with E-state index in [1.54, 1.807) is 12.1 Å². The number of aliphatic imine (C=N–C) groups is 1. The molecule has 12 heteroatoms. The van der Waals surface area contributed by atoms with Crippen molar-refractivity contribution in [3.63, 3.8) is 0 Å². The summed E-state index contributed by atoms with van der Waals surface area (Å²) < 4.78 is 0. The predicted octanol–water partition coefficient (Wildman–Crippen LogP) is 1.69. The number of carbonyl (C=O) groups is 4. The second kappa shape index (κ2) is 18.9. The maximum Gasteiger partial charge on any atom is 0.224 e. The molecule has 4 atom stereocenters. The first-order valence-electron chi connectivity index (χ1n) is 16.8. The number of guanidine groups is 1. The molecule has 2 amide bonds. The number of ketones is 2. The molecule has 12 nitrogen and oxygen atoms in total. The lowest BCUT2D eigenvalue weighted by Gasteiger charge is -2.29. The molecule has 2 aromatic rings. The Morgan fingerprint density at radius 1 is 0.938 bits per heavy atom. The third kappa shape index (κ3) is 12.4. The fraction of sp³-hybridized carbons (Fsp3) is 0.528. The highest BCUT2D eigenvalue weighted by atomic mass is 16.3. The molecule has 0 aliphatic carbocycles. The van der Waals surface area contributed by atoms with Crippen LogP contribution in [-0.4, -0.2) is 66.2 Å². The molecule has 1 fully saturated rings. The van der Waals surface area contributed by atoms with Gasteiger partial charge in [0.15, 0.2) is 11.7 Å². The van der Waals surface area contributed by atoms with Crippen LogP contribution < -0.4 is 33.6 Å². The number of aromatic hydroxyl groups is 1. The van der Waals surface area contributed by atoms with Crippen LogP contribution in [-0.2, 0) is 32.0 Å². The molecular weight excluding hydrogens is 610 g/mol. The zero-order valence-corrected chi connectivity index (χ0v) is 28.3. The fourth-order valence-electron chi connectivity index (χ4n) is 6.44. The maximum atomic E-state index is 14.1. The number of rotatable bonds is 19. The molecule has 2 aromatic carbocycles. The molecule has 0 unspecified atom stereocenters. The molecule has 48 heavy (non-hydrogen) atoms. The molecule has 3 rings (SSSR count). The molecule has 11 N–H and O–H groups in total. The van der Waals surface area contributed by atoms with Crippen LogP contribution in [0.3, 0.4) is 0 Å². The Morgan fingerprint density at radius 3 is 2.17 bits per heavy atom. The minimum atomic E-state index is -0.855. The summed E-state index contributed by atoms with van der Waals surface area (Å²) >= 11 is 0. The van der Waals surface area contributed by atoms with E-state index in [2.05, 4.69) is 15.6 Å². The second-order valence-corrected chi connectivity index (χ2v) is 13.1. The number of primary amides is 1. The minimum absolute atomic E-state index is 0.0397. The Bertz CT molecular complexity index is 1400. The lowest BCUT2D eigenvalue weighted by Crippen LogP contribution is -2.48. The Morgan fingerprint density at radius 2 is 1.56 bits per heavy atom. The van der Waals surface area contributed by atoms with Crippen LogP contribution in [0.25, 0.3) is 0 Å². The summed E-state index contributed by atoms with van der Waals surface area (Å²) in [6.07, 6.45) is 3.24. The first-order chi connectivity index (χ1) is 22.8. The van der Waals surface area contributed by atoms with E-state index in [9.17, 15) is 24.3 Å².